The number of hydrogen-bond donors (Lipinski definition) is 2. The second kappa shape index (κ2) is 1.95. The highest BCUT2D eigenvalue weighted by molar-refractivity contribution is 5.68. The van der Waals surface area contributed by atoms with Crippen molar-refractivity contribution in [3.63, 3.8) is 0 Å². The van der Waals surface area contributed by atoms with Crippen molar-refractivity contribution in [3.05, 3.63) is 12.1 Å². The van der Waals surface area contributed by atoms with E-state index in [1.54, 1.807) is 6.07 Å². The van der Waals surface area contributed by atoms with Crippen LogP contribution in [0.2, 0.25) is 0 Å². The highest BCUT2D eigenvalue weighted by atomic mass is 16.7. The van der Waals surface area contributed by atoms with E-state index < -0.39 is 0 Å². The largest absolute Gasteiger partial charge is 0.506 e. The molecule has 1 aliphatic heterocycles. The molecule has 3 N–H and O–H groups in total. The lowest BCUT2D eigenvalue weighted by atomic mass is 10.2. The average molecular weight is 153 g/mol. The van der Waals surface area contributed by atoms with Crippen molar-refractivity contribution in [3.8, 4) is 17.2 Å². The van der Waals surface area contributed by atoms with Crippen LogP contribution in [0.5, 0.6) is 17.2 Å². The van der Waals surface area contributed by atoms with E-state index in [1.165, 1.54) is 6.07 Å². The SMILES string of the molecule is Nc1c(O)ccc2c1OCO2. The molecule has 0 saturated carbocycles. The van der Waals surface area contributed by atoms with Gasteiger partial charge in [-0.1, -0.05) is 0 Å². The van der Waals surface area contributed by atoms with Gasteiger partial charge in [-0.15, -0.1) is 0 Å². The molecule has 4 heteroatoms. The second-order valence-electron chi connectivity index (χ2n) is 2.23. The lowest BCUT2D eigenvalue weighted by molar-refractivity contribution is 0.174. The Bertz CT molecular complexity index is 298. The molecule has 0 aromatic heterocycles. The number of hydrogen-bond acceptors (Lipinski definition) is 4. The summed E-state index contributed by atoms with van der Waals surface area (Å²) in [5.74, 6) is 1.04. The van der Waals surface area contributed by atoms with Gasteiger partial charge in [-0.25, -0.2) is 0 Å². The first-order valence-electron chi connectivity index (χ1n) is 3.16. The first-order chi connectivity index (χ1) is 5.29. The Morgan fingerprint density at radius 3 is 3.00 bits per heavy atom. The van der Waals surface area contributed by atoms with Crippen molar-refractivity contribution in [2.45, 2.75) is 0 Å². The van der Waals surface area contributed by atoms with Crippen LogP contribution in [0.25, 0.3) is 0 Å². The maximum Gasteiger partial charge on any atom is 0.231 e. The van der Waals surface area contributed by atoms with Crippen LogP contribution in [0.15, 0.2) is 12.1 Å². The van der Waals surface area contributed by atoms with Crippen LogP contribution in [-0.4, -0.2) is 11.9 Å². The number of phenolic OH excluding ortho intramolecular Hbond substituents is 1. The standard InChI is InChI=1S/C7H7NO3/c8-6-4(9)1-2-5-7(6)11-3-10-5/h1-2,9H,3,8H2. The van der Waals surface area contributed by atoms with Gasteiger partial charge >= 0.3 is 0 Å². The van der Waals surface area contributed by atoms with E-state index in [9.17, 15) is 0 Å². The van der Waals surface area contributed by atoms with Gasteiger partial charge in [0.15, 0.2) is 11.5 Å². The molecule has 0 spiro atoms. The lowest BCUT2D eigenvalue weighted by Crippen LogP contribution is -1.94. The zero-order valence-corrected chi connectivity index (χ0v) is 5.70. The number of anilines is 1. The van der Waals surface area contributed by atoms with E-state index in [2.05, 4.69) is 0 Å². The minimum Gasteiger partial charge on any atom is -0.506 e. The summed E-state index contributed by atoms with van der Waals surface area (Å²) in [7, 11) is 0. The van der Waals surface area contributed by atoms with Crippen LogP contribution in [0.4, 0.5) is 5.69 Å². The molecule has 0 unspecified atom stereocenters. The normalized spacial score (nSPS) is 13.5. The Morgan fingerprint density at radius 2 is 2.18 bits per heavy atom. The van der Waals surface area contributed by atoms with Crippen LogP contribution in [0, 0.1) is 0 Å². The van der Waals surface area contributed by atoms with E-state index in [0.717, 1.165) is 0 Å². The van der Waals surface area contributed by atoms with Gasteiger partial charge in [-0.2, -0.15) is 0 Å². The number of ether oxygens (including phenoxy) is 2. The van der Waals surface area contributed by atoms with Crippen molar-refractivity contribution >= 4 is 5.69 Å². The number of nitrogens with two attached hydrogens (primary N) is 1. The predicted molar refractivity (Wildman–Crippen MR) is 38.6 cm³/mol. The summed E-state index contributed by atoms with van der Waals surface area (Å²) in [6.07, 6.45) is 0. The Balaban J connectivity index is 2.62. The monoisotopic (exact) mass is 153 g/mol. The number of fused-ring (bicyclic) bond motifs is 1. The molecule has 0 amide bonds. The molecular weight excluding hydrogens is 146 g/mol. The van der Waals surface area contributed by atoms with Crippen molar-refractivity contribution in [1.29, 1.82) is 0 Å². The third-order valence-electron chi connectivity index (χ3n) is 1.55. The Hall–Kier alpha value is -1.58. The molecule has 0 saturated heterocycles. The lowest BCUT2D eigenvalue weighted by Gasteiger charge is -2.01. The zero-order valence-electron chi connectivity index (χ0n) is 5.70. The number of aromatic hydroxyl groups is 1. The fraction of sp³-hybridized carbons (Fsp3) is 0.143. The van der Waals surface area contributed by atoms with Gasteiger partial charge in [0.1, 0.15) is 11.4 Å². The van der Waals surface area contributed by atoms with E-state index >= 15 is 0 Å². The first-order valence-corrected chi connectivity index (χ1v) is 3.16. The number of nitrogen functional groups attached to an aromatic ring is 1. The van der Waals surface area contributed by atoms with Crippen molar-refractivity contribution < 1.29 is 14.6 Å². The molecule has 1 aromatic rings. The number of benzene rings is 1. The van der Waals surface area contributed by atoms with Crippen molar-refractivity contribution in [2.24, 2.45) is 0 Å². The van der Waals surface area contributed by atoms with Gasteiger partial charge in [0, 0.05) is 0 Å². The molecule has 58 valence electrons. The third-order valence-corrected chi connectivity index (χ3v) is 1.55. The molecule has 2 rings (SSSR count). The van der Waals surface area contributed by atoms with E-state index in [1.807, 2.05) is 0 Å². The topological polar surface area (TPSA) is 64.7 Å². The van der Waals surface area contributed by atoms with Gasteiger partial charge in [0.25, 0.3) is 0 Å². The summed E-state index contributed by atoms with van der Waals surface area (Å²) in [4.78, 5) is 0. The first kappa shape index (κ1) is 6.15. The smallest absolute Gasteiger partial charge is 0.231 e. The quantitative estimate of drug-likeness (QED) is 0.425. The zero-order chi connectivity index (χ0) is 7.84. The number of phenols is 1. The average Bonchev–Trinajstić information content (AvgIpc) is 2.45. The van der Waals surface area contributed by atoms with Crippen LogP contribution >= 0.6 is 0 Å². The van der Waals surface area contributed by atoms with Crippen LogP contribution < -0.4 is 15.2 Å². The molecule has 0 aliphatic carbocycles. The summed E-state index contributed by atoms with van der Waals surface area (Å²) in [6.45, 7) is 0.170. The molecule has 1 aromatic carbocycles. The van der Waals surface area contributed by atoms with Gasteiger partial charge in [-0.05, 0) is 12.1 Å². The minimum atomic E-state index is 0.0225. The summed E-state index contributed by atoms with van der Waals surface area (Å²) in [5.41, 5.74) is 5.72. The Kier molecular flexibility index (Phi) is 1.09. The minimum absolute atomic E-state index is 0.0225. The maximum absolute atomic E-state index is 9.12. The molecule has 1 aliphatic rings. The summed E-state index contributed by atoms with van der Waals surface area (Å²) >= 11 is 0. The number of rotatable bonds is 0. The molecule has 4 nitrogen and oxygen atoms in total. The van der Waals surface area contributed by atoms with Gasteiger partial charge < -0.3 is 20.3 Å². The maximum atomic E-state index is 9.12. The van der Waals surface area contributed by atoms with Crippen LogP contribution in [0.1, 0.15) is 0 Å². The molecule has 11 heavy (non-hydrogen) atoms. The van der Waals surface area contributed by atoms with Crippen molar-refractivity contribution in [2.75, 3.05) is 12.5 Å². The molecule has 0 bridgehead atoms. The van der Waals surface area contributed by atoms with Crippen LogP contribution in [-0.2, 0) is 0 Å². The molecule has 1 heterocycles. The Labute approximate surface area is 63.2 Å². The van der Waals surface area contributed by atoms with E-state index in [-0.39, 0.29) is 18.2 Å². The molecule has 0 atom stereocenters. The summed E-state index contributed by atoms with van der Waals surface area (Å²) < 4.78 is 10.0. The van der Waals surface area contributed by atoms with E-state index in [4.69, 9.17) is 20.3 Å². The Morgan fingerprint density at radius 1 is 1.36 bits per heavy atom. The predicted octanol–water partition coefficient (Wildman–Crippen LogP) is 0.703. The van der Waals surface area contributed by atoms with Gasteiger partial charge in [0.2, 0.25) is 6.79 Å². The third kappa shape index (κ3) is 0.756. The molecule has 0 fully saturated rings. The highest BCUT2D eigenvalue weighted by Crippen LogP contribution is 2.42. The fourth-order valence-electron chi connectivity index (χ4n) is 0.984. The van der Waals surface area contributed by atoms with Crippen LogP contribution in [0.3, 0.4) is 0 Å². The second-order valence-corrected chi connectivity index (χ2v) is 2.23. The fourth-order valence-corrected chi connectivity index (χ4v) is 0.984. The molecule has 0 radical (unpaired) electrons. The van der Waals surface area contributed by atoms with E-state index in [0.29, 0.717) is 11.5 Å². The van der Waals surface area contributed by atoms with Crippen molar-refractivity contribution in [1.82, 2.24) is 0 Å². The van der Waals surface area contributed by atoms with Gasteiger partial charge in [0.05, 0.1) is 0 Å². The molecular formula is C7H7NO3. The van der Waals surface area contributed by atoms with Gasteiger partial charge in [-0.3, -0.25) is 0 Å². The highest BCUT2D eigenvalue weighted by Gasteiger charge is 2.18. The summed E-state index contributed by atoms with van der Waals surface area (Å²) in [6, 6.07) is 3.09. The summed E-state index contributed by atoms with van der Waals surface area (Å²) in [5, 5.41) is 9.12.